The highest BCUT2D eigenvalue weighted by Crippen LogP contribution is 2.11. The molecule has 0 spiro atoms. The molecule has 19 heavy (non-hydrogen) atoms. The Hall–Kier alpha value is -1.26. The summed E-state index contributed by atoms with van der Waals surface area (Å²) in [7, 11) is 0. The van der Waals surface area contributed by atoms with Crippen LogP contribution in [0.1, 0.15) is 25.3 Å². The molecule has 1 heterocycles. The van der Waals surface area contributed by atoms with Crippen LogP contribution in [0.15, 0.2) is 24.3 Å². The van der Waals surface area contributed by atoms with Gasteiger partial charge in [0.05, 0.1) is 6.04 Å². The van der Waals surface area contributed by atoms with E-state index >= 15 is 0 Å². The Morgan fingerprint density at radius 1 is 1.47 bits per heavy atom. The third kappa shape index (κ3) is 4.73. The first-order valence-corrected chi connectivity index (χ1v) is 6.47. The first kappa shape index (κ1) is 15.8. The fraction of sp³-hybridized carbons (Fsp3) is 0.500. The molecule has 1 fully saturated rings. The molecule has 2 rings (SSSR count). The number of aromatic hydroxyl groups is 1. The van der Waals surface area contributed by atoms with Gasteiger partial charge in [-0.25, -0.2) is 0 Å². The number of benzene rings is 1. The number of phenolic OH excluding ortho intramolecular Hbond substituents is 1. The largest absolute Gasteiger partial charge is 0.508 e. The molecular weight excluding hydrogens is 264 g/mol. The molecule has 1 saturated heterocycles. The normalized spacial score (nSPS) is 19.5. The average molecular weight is 285 g/mol. The third-order valence-electron chi connectivity index (χ3n) is 3.24. The van der Waals surface area contributed by atoms with Gasteiger partial charge >= 0.3 is 0 Å². The Balaban J connectivity index is 0.00000180. The number of carbonyl (C=O) groups is 1. The molecule has 1 aliphatic rings. The fourth-order valence-electron chi connectivity index (χ4n) is 2.29. The first-order valence-electron chi connectivity index (χ1n) is 6.47. The summed E-state index contributed by atoms with van der Waals surface area (Å²) in [5.74, 6) is 0.365. The zero-order valence-corrected chi connectivity index (χ0v) is 11.9. The fourth-order valence-corrected chi connectivity index (χ4v) is 2.29. The Kier molecular flexibility index (Phi) is 6.12. The van der Waals surface area contributed by atoms with Gasteiger partial charge in [0, 0.05) is 6.04 Å². The molecule has 0 aliphatic carbocycles. The monoisotopic (exact) mass is 284 g/mol. The second-order valence-electron chi connectivity index (χ2n) is 4.93. The smallest absolute Gasteiger partial charge is 0.237 e. The molecule has 1 aliphatic heterocycles. The van der Waals surface area contributed by atoms with Crippen LogP contribution in [0.2, 0.25) is 0 Å². The number of carbonyl (C=O) groups excluding carboxylic acids is 1. The van der Waals surface area contributed by atoms with Crippen molar-refractivity contribution in [3.8, 4) is 5.75 Å². The van der Waals surface area contributed by atoms with E-state index in [1.165, 1.54) is 0 Å². The highest BCUT2D eigenvalue weighted by Gasteiger charge is 2.22. The van der Waals surface area contributed by atoms with Gasteiger partial charge in [-0.3, -0.25) is 4.79 Å². The minimum absolute atomic E-state index is 0. The summed E-state index contributed by atoms with van der Waals surface area (Å²) in [6.07, 6.45) is 2.78. The van der Waals surface area contributed by atoms with E-state index in [1.54, 1.807) is 12.1 Å². The molecule has 0 saturated carbocycles. The van der Waals surface area contributed by atoms with Crippen molar-refractivity contribution in [3.05, 3.63) is 29.8 Å². The van der Waals surface area contributed by atoms with Gasteiger partial charge in [-0.2, -0.15) is 0 Å². The van der Waals surface area contributed by atoms with Gasteiger partial charge in [-0.15, -0.1) is 12.4 Å². The standard InChI is InChI=1S/C14H20N2O2.ClH/c1-10(9-11-4-6-12(17)7-5-11)16-14(18)13-3-2-8-15-13;/h4-7,10,13,15,17H,2-3,8-9H2,1H3,(H,16,18);1H. The Labute approximate surface area is 120 Å². The lowest BCUT2D eigenvalue weighted by molar-refractivity contribution is -0.123. The number of phenols is 1. The van der Waals surface area contributed by atoms with Crippen LogP contribution in [0.25, 0.3) is 0 Å². The first-order chi connectivity index (χ1) is 8.65. The molecule has 0 aromatic heterocycles. The van der Waals surface area contributed by atoms with Crippen molar-refractivity contribution in [2.45, 2.75) is 38.3 Å². The average Bonchev–Trinajstić information content (AvgIpc) is 2.85. The maximum absolute atomic E-state index is 11.9. The summed E-state index contributed by atoms with van der Waals surface area (Å²) >= 11 is 0. The molecular formula is C14H21ClN2O2. The van der Waals surface area contributed by atoms with Crippen LogP contribution in [-0.4, -0.2) is 29.6 Å². The summed E-state index contributed by atoms with van der Waals surface area (Å²) in [6, 6.07) is 7.18. The van der Waals surface area contributed by atoms with E-state index < -0.39 is 0 Å². The number of halogens is 1. The number of hydrogen-bond donors (Lipinski definition) is 3. The van der Waals surface area contributed by atoms with Crippen molar-refractivity contribution < 1.29 is 9.90 Å². The van der Waals surface area contributed by atoms with Crippen LogP contribution < -0.4 is 10.6 Å². The van der Waals surface area contributed by atoms with E-state index in [4.69, 9.17) is 0 Å². The molecule has 1 aromatic rings. The number of amides is 1. The van der Waals surface area contributed by atoms with Gasteiger partial charge in [0.2, 0.25) is 5.91 Å². The minimum Gasteiger partial charge on any atom is -0.508 e. The van der Waals surface area contributed by atoms with Crippen molar-refractivity contribution in [1.82, 2.24) is 10.6 Å². The lowest BCUT2D eigenvalue weighted by Gasteiger charge is -2.17. The van der Waals surface area contributed by atoms with E-state index in [0.717, 1.165) is 31.4 Å². The molecule has 1 amide bonds. The van der Waals surface area contributed by atoms with Gasteiger partial charge in [-0.05, 0) is 50.4 Å². The summed E-state index contributed by atoms with van der Waals surface area (Å²) in [5.41, 5.74) is 1.11. The number of rotatable bonds is 4. The minimum atomic E-state index is -0.0210. The molecule has 3 N–H and O–H groups in total. The quantitative estimate of drug-likeness (QED) is 0.787. The molecule has 5 heteroatoms. The highest BCUT2D eigenvalue weighted by molar-refractivity contribution is 5.85. The van der Waals surface area contributed by atoms with Crippen LogP contribution in [0.4, 0.5) is 0 Å². The lowest BCUT2D eigenvalue weighted by Crippen LogP contribution is -2.44. The summed E-state index contributed by atoms with van der Waals surface area (Å²) in [6.45, 7) is 2.93. The molecule has 4 nitrogen and oxygen atoms in total. The molecule has 0 radical (unpaired) electrons. The van der Waals surface area contributed by atoms with Crippen molar-refractivity contribution >= 4 is 18.3 Å². The van der Waals surface area contributed by atoms with Crippen LogP contribution >= 0.6 is 12.4 Å². The second-order valence-corrected chi connectivity index (χ2v) is 4.93. The molecule has 0 bridgehead atoms. The van der Waals surface area contributed by atoms with Gasteiger partial charge in [0.15, 0.2) is 0 Å². The van der Waals surface area contributed by atoms with Crippen molar-refractivity contribution in [2.75, 3.05) is 6.54 Å². The third-order valence-corrected chi connectivity index (χ3v) is 3.24. The maximum atomic E-state index is 11.9. The molecule has 2 unspecified atom stereocenters. The van der Waals surface area contributed by atoms with Crippen molar-refractivity contribution in [2.24, 2.45) is 0 Å². The summed E-state index contributed by atoms with van der Waals surface area (Å²) in [4.78, 5) is 11.9. The topological polar surface area (TPSA) is 61.4 Å². The van der Waals surface area contributed by atoms with E-state index in [9.17, 15) is 9.90 Å². The number of nitrogens with one attached hydrogen (secondary N) is 2. The Morgan fingerprint density at radius 3 is 2.74 bits per heavy atom. The second kappa shape index (κ2) is 7.36. The summed E-state index contributed by atoms with van der Waals surface area (Å²) in [5, 5.41) is 15.4. The zero-order chi connectivity index (χ0) is 13.0. The predicted molar refractivity (Wildman–Crippen MR) is 77.7 cm³/mol. The lowest BCUT2D eigenvalue weighted by atomic mass is 10.1. The molecule has 106 valence electrons. The van der Waals surface area contributed by atoms with Crippen LogP contribution in [0.5, 0.6) is 5.75 Å². The number of hydrogen-bond acceptors (Lipinski definition) is 3. The summed E-state index contributed by atoms with van der Waals surface area (Å²) < 4.78 is 0. The van der Waals surface area contributed by atoms with E-state index in [0.29, 0.717) is 0 Å². The van der Waals surface area contributed by atoms with Gasteiger partial charge < -0.3 is 15.7 Å². The predicted octanol–water partition coefficient (Wildman–Crippen LogP) is 1.61. The maximum Gasteiger partial charge on any atom is 0.237 e. The Bertz CT molecular complexity index is 402. The van der Waals surface area contributed by atoms with E-state index in [1.807, 2.05) is 19.1 Å². The van der Waals surface area contributed by atoms with Crippen LogP contribution in [-0.2, 0) is 11.2 Å². The van der Waals surface area contributed by atoms with Crippen LogP contribution in [0, 0.1) is 0 Å². The van der Waals surface area contributed by atoms with Gasteiger partial charge in [0.1, 0.15) is 5.75 Å². The van der Waals surface area contributed by atoms with Crippen molar-refractivity contribution in [3.63, 3.8) is 0 Å². The van der Waals surface area contributed by atoms with Crippen LogP contribution in [0.3, 0.4) is 0 Å². The van der Waals surface area contributed by atoms with Gasteiger partial charge in [-0.1, -0.05) is 12.1 Å². The van der Waals surface area contributed by atoms with E-state index in [-0.39, 0.29) is 36.1 Å². The molecule has 2 atom stereocenters. The van der Waals surface area contributed by atoms with E-state index in [2.05, 4.69) is 10.6 Å². The zero-order valence-electron chi connectivity index (χ0n) is 11.1. The van der Waals surface area contributed by atoms with Gasteiger partial charge in [0.25, 0.3) is 0 Å². The highest BCUT2D eigenvalue weighted by atomic mass is 35.5. The Morgan fingerprint density at radius 2 is 2.16 bits per heavy atom. The molecule has 1 aromatic carbocycles. The van der Waals surface area contributed by atoms with Crippen molar-refractivity contribution in [1.29, 1.82) is 0 Å². The SMILES string of the molecule is CC(Cc1ccc(O)cc1)NC(=O)C1CCCN1.Cl.